The maximum absolute atomic E-state index is 13.1. The molecule has 24 heavy (non-hydrogen) atoms. The first-order valence-corrected chi connectivity index (χ1v) is 7.18. The van der Waals surface area contributed by atoms with E-state index < -0.39 is 23.4 Å². The molecule has 0 spiro atoms. The highest BCUT2D eigenvalue weighted by molar-refractivity contribution is 6.20. The zero-order chi connectivity index (χ0) is 18.2. The zero-order valence-corrected chi connectivity index (χ0v) is 13.3. The Hall–Kier alpha value is -2.24. The van der Waals surface area contributed by atoms with Crippen LogP contribution in [0.15, 0.2) is 35.9 Å². The number of alkyl halides is 4. The Morgan fingerprint density at radius 1 is 1.54 bits per heavy atom. The maximum atomic E-state index is 13.1. The van der Waals surface area contributed by atoms with Gasteiger partial charge in [0.2, 0.25) is 0 Å². The first kappa shape index (κ1) is 19.8. The number of rotatable bonds is 8. The van der Waals surface area contributed by atoms with E-state index in [1.807, 2.05) is 0 Å². The lowest BCUT2D eigenvalue weighted by Gasteiger charge is -2.18. The predicted octanol–water partition coefficient (Wildman–Crippen LogP) is 3.62. The predicted molar refractivity (Wildman–Crippen MR) is 81.6 cm³/mol. The van der Waals surface area contributed by atoms with Gasteiger partial charge >= 0.3 is 6.11 Å². The number of nitrogens with one attached hydrogen (secondary N) is 1. The second-order valence-corrected chi connectivity index (χ2v) is 4.72. The van der Waals surface area contributed by atoms with Crippen molar-refractivity contribution in [3.8, 4) is 11.8 Å². The molecule has 0 heterocycles. The molecule has 0 aromatic heterocycles. The van der Waals surface area contributed by atoms with Crippen molar-refractivity contribution >= 4 is 23.2 Å². The number of halogens is 4. The summed E-state index contributed by atoms with van der Waals surface area (Å²) in [6, 6.07) is 6.57. The van der Waals surface area contributed by atoms with Gasteiger partial charge in [0.1, 0.15) is 17.4 Å². The molecule has 0 saturated carbocycles. The number of anilines is 1. The van der Waals surface area contributed by atoms with Crippen LogP contribution in [-0.2, 0) is 9.53 Å². The Balaban J connectivity index is 2.82. The molecule has 1 atom stereocenters. The largest absolute Gasteiger partial charge is 0.444 e. The summed E-state index contributed by atoms with van der Waals surface area (Å²) in [5.41, 5.74) is -3.15. The number of hydrogen-bond acceptors (Lipinski definition) is 4. The molecule has 1 unspecified atom stereocenters. The van der Waals surface area contributed by atoms with Crippen molar-refractivity contribution in [1.29, 1.82) is 5.26 Å². The minimum absolute atomic E-state index is 0.0792. The fraction of sp³-hybridized carbons (Fsp3) is 0.333. The molecule has 1 N–H and O–H groups in total. The van der Waals surface area contributed by atoms with Gasteiger partial charge in [0.25, 0.3) is 11.5 Å². The number of ether oxygens (including phenoxy) is 2. The Morgan fingerprint density at radius 3 is 2.83 bits per heavy atom. The molecule has 0 aliphatic rings. The van der Waals surface area contributed by atoms with E-state index in [0.717, 1.165) is 12.1 Å². The summed E-state index contributed by atoms with van der Waals surface area (Å²) in [6.45, 7) is 2.25. The summed E-state index contributed by atoms with van der Waals surface area (Å²) >= 11 is 4.70. The minimum Gasteiger partial charge on any atom is -0.429 e. The van der Waals surface area contributed by atoms with Crippen molar-refractivity contribution in [3.05, 3.63) is 35.9 Å². The molecule has 0 aliphatic carbocycles. The number of hydrogen-bond donors (Lipinski definition) is 1. The summed E-state index contributed by atoms with van der Waals surface area (Å²) < 4.78 is 47.9. The van der Waals surface area contributed by atoms with Crippen LogP contribution in [0.4, 0.5) is 18.9 Å². The molecule has 1 rings (SSSR count). The van der Waals surface area contributed by atoms with E-state index in [-0.39, 0.29) is 17.9 Å². The van der Waals surface area contributed by atoms with Gasteiger partial charge in [-0.15, -0.1) is 0 Å². The van der Waals surface area contributed by atoms with Gasteiger partial charge in [-0.1, -0.05) is 17.7 Å². The van der Waals surface area contributed by atoms with Crippen molar-refractivity contribution < 1.29 is 27.4 Å². The average Bonchev–Trinajstić information content (AvgIpc) is 2.51. The highest BCUT2D eigenvalue weighted by atomic mass is 35.5. The molecule has 5 nitrogen and oxygen atoms in total. The molecule has 0 aliphatic heterocycles. The molecule has 0 bridgehead atoms. The molecular formula is C15H14ClF3N2O3. The SMILES string of the molecule is CCOCC=C(C#N)C(=O)Nc1cccc(OC(F)(F)C(F)Cl)c1. The molecule has 130 valence electrons. The summed E-state index contributed by atoms with van der Waals surface area (Å²) in [4.78, 5) is 11.9. The number of nitriles is 1. The summed E-state index contributed by atoms with van der Waals surface area (Å²) in [5.74, 6) is -1.15. The van der Waals surface area contributed by atoms with Crippen LogP contribution in [-0.4, -0.2) is 30.9 Å². The Kier molecular flexibility index (Phi) is 7.55. The molecule has 9 heteroatoms. The number of nitrogens with zero attached hydrogens (tertiary/aromatic N) is 1. The van der Waals surface area contributed by atoms with E-state index in [9.17, 15) is 18.0 Å². The van der Waals surface area contributed by atoms with Crippen molar-refractivity contribution in [2.45, 2.75) is 18.7 Å². The van der Waals surface area contributed by atoms with Crippen molar-refractivity contribution in [1.82, 2.24) is 0 Å². The third-order valence-electron chi connectivity index (χ3n) is 2.57. The fourth-order valence-corrected chi connectivity index (χ4v) is 1.53. The minimum atomic E-state index is -4.22. The maximum Gasteiger partial charge on any atom is 0.444 e. The lowest BCUT2D eigenvalue weighted by molar-refractivity contribution is -0.198. The third-order valence-corrected chi connectivity index (χ3v) is 2.83. The van der Waals surface area contributed by atoms with Gasteiger partial charge < -0.3 is 14.8 Å². The Morgan fingerprint density at radius 2 is 2.25 bits per heavy atom. The Bertz CT molecular complexity index is 645. The van der Waals surface area contributed by atoms with E-state index in [0.29, 0.717) is 6.61 Å². The molecular weight excluding hydrogens is 349 g/mol. The van der Waals surface area contributed by atoms with E-state index in [2.05, 4.69) is 10.1 Å². The van der Waals surface area contributed by atoms with Gasteiger partial charge in [-0.2, -0.15) is 14.0 Å². The average molecular weight is 363 g/mol. The summed E-state index contributed by atoms with van der Waals surface area (Å²) in [7, 11) is 0. The molecule has 1 amide bonds. The van der Waals surface area contributed by atoms with Crippen molar-refractivity contribution in [2.75, 3.05) is 18.5 Å². The van der Waals surface area contributed by atoms with Crippen LogP contribution in [0.2, 0.25) is 0 Å². The number of carbonyl (C=O) groups excluding carboxylic acids is 1. The zero-order valence-electron chi connectivity index (χ0n) is 12.6. The lowest BCUT2D eigenvalue weighted by atomic mass is 10.2. The molecule has 1 aromatic carbocycles. The van der Waals surface area contributed by atoms with Crippen LogP contribution in [0.5, 0.6) is 5.75 Å². The topological polar surface area (TPSA) is 71.3 Å². The second-order valence-electron chi connectivity index (χ2n) is 4.34. The third kappa shape index (κ3) is 6.10. The van der Waals surface area contributed by atoms with Gasteiger partial charge in [0, 0.05) is 18.4 Å². The second kappa shape index (κ2) is 9.15. The van der Waals surface area contributed by atoms with Gasteiger partial charge in [0.05, 0.1) is 6.61 Å². The first-order valence-electron chi connectivity index (χ1n) is 6.74. The molecule has 0 radical (unpaired) electrons. The first-order chi connectivity index (χ1) is 11.3. The highest BCUT2D eigenvalue weighted by Crippen LogP contribution is 2.30. The number of amides is 1. The van der Waals surface area contributed by atoms with Crippen LogP contribution in [0, 0.1) is 11.3 Å². The standard InChI is InChI=1S/C15H14ClF3N2O3/c1-2-23-7-6-10(9-20)13(22)21-11-4-3-5-12(8-11)24-15(18,19)14(16)17/h3-6,8,14H,2,7H2,1H3,(H,21,22). The summed E-state index contributed by atoms with van der Waals surface area (Å²) in [5, 5.41) is 11.3. The van der Waals surface area contributed by atoms with Crippen LogP contribution in [0.1, 0.15) is 6.92 Å². The number of benzene rings is 1. The smallest absolute Gasteiger partial charge is 0.429 e. The van der Waals surface area contributed by atoms with E-state index >= 15 is 0 Å². The molecule has 0 saturated heterocycles. The van der Waals surface area contributed by atoms with Gasteiger partial charge in [-0.05, 0) is 25.1 Å². The quantitative estimate of drug-likeness (QED) is 0.332. The molecule has 1 aromatic rings. The van der Waals surface area contributed by atoms with Gasteiger partial charge in [-0.3, -0.25) is 4.79 Å². The monoisotopic (exact) mass is 362 g/mol. The Labute approximate surface area is 141 Å². The molecule has 0 fully saturated rings. The van der Waals surface area contributed by atoms with Crippen molar-refractivity contribution in [2.24, 2.45) is 0 Å². The van der Waals surface area contributed by atoms with Crippen LogP contribution in [0.3, 0.4) is 0 Å². The summed E-state index contributed by atoms with van der Waals surface area (Å²) in [6.07, 6.45) is -2.94. The van der Waals surface area contributed by atoms with Gasteiger partial charge in [-0.25, -0.2) is 4.39 Å². The highest BCUT2D eigenvalue weighted by Gasteiger charge is 2.42. The van der Waals surface area contributed by atoms with Crippen molar-refractivity contribution in [3.63, 3.8) is 0 Å². The lowest BCUT2D eigenvalue weighted by Crippen LogP contribution is -2.32. The van der Waals surface area contributed by atoms with E-state index in [1.165, 1.54) is 18.2 Å². The van der Waals surface area contributed by atoms with Crippen LogP contribution < -0.4 is 10.1 Å². The number of carbonyl (C=O) groups is 1. The van der Waals surface area contributed by atoms with E-state index in [1.54, 1.807) is 13.0 Å². The fourth-order valence-electron chi connectivity index (χ4n) is 1.49. The van der Waals surface area contributed by atoms with Crippen LogP contribution >= 0.6 is 11.6 Å². The normalized spacial score (nSPS) is 13.1. The van der Waals surface area contributed by atoms with Gasteiger partial charge in [0.15, 0.2) is 0 Å². The van der Waals surface area contributed by atoms with Crippen LogP contribution in [0.25, 0.3) is 0 Å². The van der Waals surface area contributed by atoms with E-state index in [4.69, 9.17) is 21.6 Å².